The van der Waals surface area contributed by atoms with Gasteiger partial charge in [-0.25, -0.2) is 14.6 Å². The van der Waals surface area contributed by atoms with Crippen molar-refractivity contribution in [3.8, 4) is 0 Å². The number of carbonyl (C=O) groups is 3. The van der Waals surface area contributed by atoms with E-state index in [4.69, 9.17) is 9.47 Å². The number of esters is 1. The third-order valence-corrected chi connectivity index (χ3v) is 4.91. The number of anilines is 1. The molecule has 0 atom stereocenters. The molecule has 1 heterocycles. The third kappa shape index (κ3) is 7.06. The highest BCUT2D eigenvalue weighted by Crippen LogP contribution is 2.23. The van der Waals surface area contributed by atoms with Gasteiger partial charge in [-0.1, -0.05) is 66.7 Å². The summed E-state index contributed by atoms with van der Waals surface area (Å²) in [6, 6.07) is 18.3. The van der Waals surface area contributed by atoms with Gasteiger partial charge in [0.2, 0.25) is 0 Å². The summed E-state index contributed by atoms with van der Waals surface area (Å²) in [7, 11) is 0. The Balaban J connectivity index is 1.54. The Kier molecular flexibility index (Phi) is 8.10. The molecule has 164 valence electrons. The Hall–Kier alpha value is -3.98. The highest BCUT2D eigenvalue weighted by atomic mass is 32.1. The van der Waals surface area contributed by atoms with Crippen molar-refractivity contribution in [3.63, 3.8) is 0 Å². The van der Waals surface area contributed by atoms with Gasteiger partial charge in [0.05, 0.1) is 17.7 Å². The van der Waals surface area contributed by atoms with Crippen molar-refractivity contribution in [3.05, 3.63) is 88.9 Å². The van der Waals surface area contributed by atoms with Crippen LogP contribution in [-0.4, -0.2) is 28.1 Å². The summed E-state index contributed by atoms with van der Waals surface area (Å²) in [6.45, 7) is 0.196. The van der Waals surface area contributed by atoms with Crippen LogP contribution in [0.1, 0.15) is 23.2 Å². The summed E-state index contributed by atoms with van der Waals surface area (Å²) in [5.41, 5.74) is 1.62. The third-order valence-electron chi connectivity index (χ3n) is 4.15. The maximum atomic E-state index is 12.0. The molecule has 1 aromatic heterocycles. The van der Waals surface area contributed by atoms with E-state index in [0.717, 1.165) is 22.5 Å². The SMILES string of the molecule is O=C(C/C=C(/C(=O)O)c1csc(NC(=O)OCc2ccccc2)n1)OCc1ccccc1. The van der Waals surface area contributed by atoms with E-state index in [1.54, 1.807) is 0 Å². The molecule has 9 heteroatoms. The number of hydrogen-bond acceptors (Lipinski definition) is 7. The van der Waals surface area contributed by atoms with Crippen molar-refractivity contribution < 1.29 is 29.0 Å². The van der Waals surface area contributed by atoms with E-state index in [2.05, 4.69) is 10.3 Å². The van der Waals surface area contributed by atoms with Crippen LogP contribution in [0.4, 0.5) is 9.93 Å². The minimum absolute atomic E-state index is 0.0935. The van der Waals surface area contributed by atoms with Crippen LogP contribution in [0.2, 0.25) is 0 Å². The molecular formula is C23H20N2O6S. The lowest BCUT2D eigenvalue weighted by atomic mass is 10.1. The molecule has 0 spiro atoms. The lowest BCUT2D eigenvalue weighted by Gasteiger charge is -2.05. The van der Waals surface area contributed by atoms with Gasteiger partial charge in [-0.15, -0.1) is 11.3 Å². The first-order valence-electron chi connectivity index (χ1n) is 9.58. The second-order valence-corrected chi connectivity index (χ2v) is 7.36. The fourth-order valence-electron chi connectivity index (χ4n) is 2.59. The molecule has 0 saturated carbocycles. The smallest absolute Gasteiger partial charge is 0.413 e. The molecule has 0 fully saturated rings. The van der Waals surface area contributed by atoms with Gasteiger partial charge in [0, 0.05) is 5.38 Å². The van der Waals surface area contributed by atoms with Gasteiger partial charge in [-0.2, -0.15) is 0 Å². The first kappa shape index (κ1) is 22.7. The summed E-state index contributed by atoms with van der Waals surface area (Å²) in [6.07, 6.45) is 0.302. The molecule has 8 nitrogen and oxygen atoms in total. The molecule has 0 radical (unpaired) electrons. The predicted octanol–water partition coefficient (Wildman–Crippen LogP) is 4.49. The molecule has 0 bridgehead atoms. The van der Waals surface area contributed by atoms with Crippen molar-refractivity contribution in [2.75, 3.05) is 5.32 Å². The van der Waals surface area contributed by atoms with E-state index >= 15 is 0 Å². The summed E-state index contributed by atoms with van der Waals surface area (Å²) >= 11 is 1.04. The topological polar surface area (TPSA) is 115 Å². The Morgan fingerprint density at radius 3 is 2.12 bits per heavy atom. The van der Waals surface area contributed by atoms with Crippen molar-refractivity contribution in [1.82, 2.24) is 4.98 Å². The number of rotatable bonds is 9. The van der Waals surface area contributed by atoms with Crippen LogP contribution in [-0.2, 0) is 32.3 Å². The normalized spacial score (nSPS) is 10.9. The molecule has 2 aromatic carbocycles. The zero-order valence-corrected chi connectivity index (χ0v) is 17.7. The van der Waals surface area contributed by atoms with Gasteiger partial charge < -0.3 is 14.6 Å². The maximum Gasteiger partial charge on any atom is 0.413 e. The lowest BCUT2D eigenvalue weighted by Crippen LogP contribution is -2.13. The second-order valence-electron chi connectivity index (χ2n) is 6.50. The molecule has 2 N–H and O–H groups in total. The minimum atomic E-state index is -1.25. The number of amides is 1. The Morgan fingerprint density at radius 2 is 1.53 bits per heavy atom. The first-order valence-corrected chi connectivity index (χ1v) is 10.5. The molecule has 3 rings (SSSR count). The largest absolute Gasteiger partial charge is 0.478 e. The van der Waals surface area contributed by atoms with Crippen LogP contribution in [0.25, 0.3) is 5.57 Å². The maximum absolute atomic E-state index is 12.0. The number of aromatic nitrogens is 1. The average molecular weight is 452 g/mol. The standard InChI is InChI=1S/C23H20N2O6S/c26-20(30-13-16-7-3-1-4-8-16)12-11-18(21(27)28)19-15-32-22(24-19)25-23(29)31-14-17-9-5-2-6-10-17/h1-11,15H,12-14H2,(H,27,28)(H,24,25,29)/b18-11+. The van der Waals surface area contributed by atoms with Crippen LogP contribution in [0.15, 0.2) is 72.1 Å². The van der Waals surface area contributed by atoms with Gasteiger partial charge in [0.1, 0.15) is 13.2 Å². The monoisotopic (exact) mass is 452 g/mol. The minimum Gasteiger partial charge on any atom is -0.478 e. The number of hydrogen-bond donors (Lipinski definition) is 2. The van der Waals surface area contributed by atoms with E-state index in [9.17, 15) is 19.5 Å². The molecule has 0 aliphatic heterocycles. The summed E-state index contributed by atoms with van der Waals surface area (Å²) in [5.74, 6) is -1.81. The van der Waals surface area contributed by atoms with E-state index in [1.165, 1.54) is 11.5 Å². The van der Waals surface area contributed by atoms with Crippen molar-refractivity contribution in [1.29, 1.82) is 0 Å². The van der Waals surface area contributed by atoms with Gasteiger partial charge in [0.15, 0.2) is 5.13 Å². The number of carboxylic acids is 1. The van der Waals surface area contributed by atoms with E-state index in [-0.39, 0.29) is 36.0 Å². The van der Waals surface area contributed by atoms with Crippen molar-refractivity contribution in [2.45, 2.75) is 19.6 Å². The number of carbonyl (C=O) groups excluding carboxylic acids is 2. The van der Waals surface area contributed by atoms with Gasteiger partial charge in [-0.05, 0) is 11.1 Å². The van der Waals surface area contributed by atoms with Crippen molar-refractivity contribution >= 4 is 40.1 Å². The summed E-state index contributed by atoms with van der Waals surface area (Å²) in [5, 5.41) is 13.6. The van der Waals surface area contributed by atoms with E-state index in [0.29, 0.717) is 0 Å². The van der Waals surface area contributed by atoms with E-state index in [1.807, 2.05) is 60.7 Å². The fourth-order valence-corrected chi connectivity index (χ4v) is 3.28. The Labute approximate surface area is 188 Å². The van der Waals surface area contributed by atoms with Crippen molar-refractivity contribution in [2.24, 2.45) is 0 Å². The van der Waals surface area contributed by atoms with Crippen LogP contribution in [0.3, 0.4) is 0 Å². The number of ether oxygens (including phenoxy) is 2. The number of thiazole rings is 1. The van der Waals surface area contributed by atoms with Gasteiger partial charge in [0.25, 0.3) is 0 Å². The number of nitrogens with zero attached hydrogens (tertiary/aromatic N) is 1. The van der Waals surface area contributed by atoms with Gasteiger partial charge in [-0.3, -0.25) is 10.1 Å². The van der Waals surface area contributed by atoms with Gasteiger partial charge >= 0.3 is 18.0 Å². The molecule has 0 aliphatic carbocycles. The highest BCUT2D eigenvalue weighted by Gasteiger charge is 2.16. The Bertz CT molecular complexity index is 1100. The van der Waals surface area contributed by atoms with Crippen LogP contribution in [0, 0.1) is 0 Å². The zero-order chi connectivity index (χ0) is 22.8. The molecule has 0 saturated heterocycles. The molecule has 0 aliphatic rings. The number of aliphatic carboxylic acids is 1. The number of nitrogens with one attached hydrogen (secondary N) is 1. The lowest BCUT2D eigenvalue weighted by molar-refractivity contribution is -0.143. The highest BCUT2D eigenvalue weighted by molar-refractivity contribution is 7.14. The second kappa shape index (κ2) is 11.4. The molecule has 3 aromatic rings. The van der Waals surface area contributed by atoms with Crippen LogP contribution >= 0.6 is 11.3 Å². The number of carboxylic acid groups (broad SMARTS) is 1. The first-order chi connectivity index (χ1) is 15.5. The summed E-state index contributed by atoms with van der Waals surface area (Å²) in [4.78, 5) is 39.6. The fraction of sp³-hybridized carbons (Fsp3) is 0.130. The average Bonchev–Trinajstić information content (AvgIpc) is 3.25. The quantitative estimate of drug-likeness (QED) is 0.363. The van der Waals surface area contributed by atoms with Crippen LogP contribution in [0.5, 0.6) is 0 Å². The molecular weight excluding hydrogens is 432 g/mol. The summed E-state index contributed by atoms with van der Waals surface area (Å²) < 4.78 is 10.3. The molecule has 1 amide bonds. The molecule has 0 unspecified atom stereocenters. The number of benzene rings is 2. The molecule has 32 heavy (non-hydrogen) atoms. The Morgan fingerprint density at radius 1 is 0.938 bits per heavy atom. The van der Waals surface area contributed by atoms with Crippen LogP contribution < -0.4 is 5.32 Å². The zero-order valence-electron chi connectivity index (χ0n) is 16.9. The predicted molar refractivity (Wildman–Crippen MR) is 119 cm³/mol. The van der Waals surface area contributed by atoms with E-state index < -0.39 is 18.0 Å².